The molecule has 2 aromatic rings. The molecule has 1 aromatic carbocycles. The number of anilines is 3. The van der Waals surface area contributed by atoms with Crippen LogP contribution >= 0.6 is 0 Å². The first-order valence-electron chi connectivity index (χ1n) is 6.85. The Morgan fingerprint density at radius 1 is 1.29 bits per heavy atom. The minimum Gasteiger partial charge on any atom is -0.376 e. The molecule has 1 unspecified atom stereocenters. The van der Waals surface area contributed by atoms with Gasteiger partial charge in [0.05, 0.1) is 17.6 Å². The summed E-state index contributed by atoms with van der Waals surface area (Å²) in [5, 5.41) is 6.22. The average Bonchev–Trinajstić information content (AvgIpc) is 2.75. The number of amides is 1. The number of hydrogen-bond donors (Lipinski definition) is 2. The van der Waals surface area contributed by atoms with Gasteiger partial charge in [-0.05, 0) is 19.1 Å². The third kappa shape index (κ3) is 2.42. The van der Waals surface area contributed by atoms with Crippen LogP contribution in [0.15, 0.2) is 36.7 Å². The maximum absolute atomic E-state index is 12.2. The second-order valence-corrected chi connectivity index (χ2v) is 5.44. The van der Waals surface area contributed by atoms with Gasteiger partial charge in [0.25, 0.3) is 5.91 Å². The summed E-state index contributed by atoms with van der Waals surface area (Å²) in [4.78, 5) is 18.4. The molecule has 3 rings (SSSR count). The average molecular weight is 282 g/mol. The summed E-state index contributed by atoms with van der Waals surface area (Å²) in [7, 11) is 3.93. The van der Waals surface area contributed by atoms with Gasteiger partial charge in [0.1, 0.15) is 6.04 Å². The molecule has 5 nitrogen and oxygen atoms in total. The summed E-state index contributed by atoms with van der Waals surface area (Å²) in [6, 6.07) is 7.52. The zero-order chi connectivity index (χ0) is 15.0. The summed E-state index contributed by atoms with van der Waals surface area (Å²) < 4.78 is 0. The zero-order valence-electron chi connectivity index (χ0n) is 12.3. The third-order valence-electron chi connectivity index (χ3n) is 3.62. The van der Waals surface area contributed by atoms with Crippen LogP contribution in [-0.2, 0) is 4.79 Å². The molecule has 5 heteroatoms. The number of aromatic nitrogens is 1. The quantitative estimate of drug-likeness (QED) is 0.908. The lowest BCUT2D eigenvalue weighted by atomic mass is 10.1. The highest BCUT2D eigenvalue weighted by molar-refractivity contribution is 6.04. The Labute approximate surface area is 124 Å². The molecule has 0 saturated carbocycles. The summed E-state index contributed by atoms with van der Waals surface area (Å²) in [6.07, 6.45) is 3.49. The Kier molecular flexibility index (Phi) is 3.25. The Balaban J connectivity index is 1.96. The molecule has 2 heterocycles. The van der Waals surface area contributed by atoms with E-state index in [1.165, 1.54) is 0 Å². The summed E-state index contributed by atoms with van der Waals surface area (Å²) in [6.45, 7) is 2.02. The van der Waals surface area contributed by atoms with Crippen molar-refractivity contribution in [3.05, 3.63) is 47.8 Å². The van der Waals surface area contributed by atoms with E-state index in [0.717, 1.165) is 28.2 Å². The maximum Gasteiger partial charge on any atom is 0.251 e. The van der Waals surface area contributed by atoms with Gasteiger partial charge < -0.3 is 15.5 Å². The molecule has 0 fully saturated rings. The largest absolute Gasteiger partial charge is 0.376 e. The number of carbonyl (C=O) groups excluding carboxylic acids is 1. The summed E-state index contributed by atoms with van der Waals surface area (Å²) >= 11 is 0. The number of nitrogens with one attached hydrogen (secondary N) is 2. The van der Waals surface area contributed by atoms with E-state index in [1.54, 1.807) is 12.4 Å². The highest BCUT2D eigenvalue weighted by atomic mass is 16.2. The maximum atomic E-state index is 12.2. The molecule has 0 bridgehead atoms. The Morgan fingerprint density at radius 3 is 2.86 bits per heavy atom. The molecule has 1 amide bonds. The molecule has 2 N–H and O–H groups in total. The van der Waals surface area contributed by atoms with E-state index < -0.39 is 0 Å². The second kappa shape index (κ2) is 5.09. The summed E-state index contributed by atoms with van der Waals surface area (Å²) in [5.41, 5.74) is 4.83. The predicted molar refractivity (Wildman–Crippen MR) is 84.7 cm³/mol. The first-order valence-corrected chi connectivity index (χ1v) is 6.85. The van der Waals surface area contributed by atoms with Gasteiger partial charge in [-0.15, -0.1) is 0 Å². The van der Waals surface area contributed by atoms with Crippen molar-refractivity contribution >= 4 is 23.0 Å². The van der Waals surface area contributed by atoms with E-state index >= 15 is 0 Å². The molecule has 0 radical (unpaired) electrons. The van der Waals surface area contributed by atoms with E-state index in [2.05, 4.69) is 15.6 Å². The number of fused-ring (bicyclic) bond motifs is 1. The molecule has 1 atom stereocenters. The molecule has 0 saturated heterocycles. The van der Waals surface area contributed by atoms with Crippen molar-refractivity contribution in [2.45, 2.75) is 13.0 Å². The molecular weight excluding hydrogens is 264 g/mol. The zero-order valence-corrected chi connectivity index (χ0v) is 12.3. The van der Waals surface area contributed by atoms with Crippen LogP contribution < -0.4 is 15.5 Å². The number of rotatable bonds is 3. The first-order chi connectivity index (χ1) is 10.1. The molecule has 1 aromatic heterocycles. The van der Waals surface area contributed by atoms with E-state index in [0.29, 0.717) is 0 Å². The highest BCUT2D eigenvalue weighted by Crippen LogP contribution is 2.35. The van der Waals surface area contributed by atoms with Crippen LogP contribution in [0.2, 0.25) is 0 Å². The topological polar surface area (TPSA) is 57.3 Å². The first kappa shape index (κ1) is 13.4. The van der Waals surface area contributed by atoms with Crippen molar-refractivity contribution in [2.75, 3.05) is 29.6 Å². The Morgan fingerprint density at radius 2 is 2.10 bits per heavy atom. The molecular formula is C16H18N4O. The van der Waals surface area contributed by atoms with Crippen LogP contribution in [0.5, 0.6) is 0 Å². The number of benzene rings is 1. The van der Waals surface area contributed by atoms with Crippen molar-refractivity contribution in [1.82, 2.24) is 4.98 Å². The molecule has 1 aliphatic heterocycles. The minimum absolute atomic E-state index is 0.0378. The van der Waals surface area contributed by atoms with Gasteiger partial charge in [0.15, 0.2) is 0 Å². The molecule has 1 aliphatic rings. The third-order valence-corrected chi connectivity index (χ3v) is 3.62. The SMILES string of the molecule is Cc1ccc2c(c1)C(Nc1cnccc1N(C)C)C(=O)N2. The second-order valence-electron chi connectivity index (χ2n) is 5.44. The number of aryl methyl sites for hydroxylation is 1. The van der Waals surface area contributed by atoms with Crippen molar-refractivity contribution < 1.29 is 4.79 Å². The molecule has 108 valence electrons. The van der Waals surface area contributed by atoms with Gasteiger partial charge in [-0.1, -0.05) is 17.7 Å². The van der Waals surface area contributed by atoms with Gasteiger partial charge in [0.2, 0.25) is 0 Å². The van der Waals surface area contributed by atoms with Crippen molar-refractivity contribution in [1.29, 1.82) is 0 Å². The molecule has 0 aliphatic carbocycles. The van der Waals surface area contributed by atoms with Crippen molar-refractivity contribution in [2.24, 2.45) is 0 Å². The van der Waals surface area contributed by atoms with Crippen molar-refractivity contribution in [3.63, 3.8) is 0 Å². The van der Waals surface area contributed by atoms with Gasteiger partial charge in [0, 0.05) is 31.5 Å². The smallest absolute Gasteiger partial charge is 0.251 e. The fourth-order valence-corrected chi connectivity index (χ4v) is 2.57. The lowest BCUT2D eigenvalue weighted by molar-refractivity contribution is -0.116. The van der Waals surface area contributed by atoms with E-state index in [1.807, 2.05) is 50.2 Å². The van der Waals surface area contributed by atoms with E-state index in [4.69, 9.17) is 0 Å². The van der Waals surface area contributed by atoms with Gasteiger partial charge in [-0.2, -0.15) is 0 Å². The van der Waals surface area contributed by atoms with Crippen LogP contribution in [0.3, 0.4) is 0 Å². The van der Waals surface area contributed by atoms with Crippen LogP contribution in [0.1, 0.15) is 17.2 Å². The number of hydrogen-bond acceptors (Lipinski definition) is 4. The Bertz CT molecular complexity index is 696. The molecule has 21 heavy (non-hydrogen) atoms. The number of carbonyl (C=O) groups is 1. The van der Waals surface area contributed by atoms with Gasteiger partial charge in [-0.25, -0.2) is 0 Å². The highest BCUT2D eigenvalue weighted by Gasteiger charge is 2.31. The number of nitrogens with zero attached hydrogens (tertiary/aromatic N) is 2. The minimum atomic E-state index is -0.386. The van der Waals surface area contributed by atoms with Gasteiger partial charge in [-0.3, -0.25) is 9.78 Å². The predicted octanol–water partition coefficient (Wildman–Crippen LogP) is 2.56. The lowest BCUT2D eigenvalue weighted by Gasteiger charge is -2.20. The van der Waals surface area contributed by atoms with Crippen LogP contribution in [0.25, 0.3) is 0 Å². The van der Waals surface area contributed by atoms with Crippen LogP contribution in [-0.4, -0.2) is 25.0 Å². The standard InChI is InChI=1S/C16H18N4O/c1-10-4-5-12-11(8-10)15(16(21)19-12)18-13-9-17-7-6-14(13)20(2)3/h4-9,15,18H,1-3H3,(H,19,21). The van der Waals surface area contributed by atoms with E-state index in [-0.39, 0.29) is 11.9 Å². The fourth-order valence-electron chi connectivity index (χ4n) is 2.57. The molecule has 0 spiro atoms. The monoisotopic (exact) mass is 282 g/mol. The Hall–Kier alpha value is -2.56. The fraction of sp³-hybridized carbons (Fsp3) is 0.250. The van der Waals surface area contributed by atoms with Crippen molar-refractivity contribution in [3.8, 4) is 0 Å². The normalized spacial score (nSPS) is 16.3. The number of pyridine rings is 1. The summed E-state index contributed by atoms with van der Waals surface area (Å²) in [5.74, 6) is -0.0378. The van der Waals surface area contributed by atoms with Crippen LogP contribution in [0.4, 0.5) is 17.1 Å². The van der Waals surface area contributed by atoms with Gasteiger partial charge >= 0.3 is 0 Å². The van der Waals surface area contributed by atoms with Crippen LogP contribution in [0, 0.1) is 6.92 Å². The lowest BCUT2D eigenvalue weighted by Crippen LogP contribution is -2.21. The van der Waals surface area contributed by atoms with E-state index in [9.17, 15) is 4.79 Å².